The van der Waals surface area contributed by atoms with Crippen molar-refractivity contribution in [1.29, 1.82) is 0 Å². The van der Waals surface area contributed by atoms with E-state index in [0.29, 0.717) is 19.3 Å². The summed E-state index contributed by atoms with van der Waals surface area (Å²) in [5, 5.41) is 21.2. The number of alkyl halides is 1. The smallest absolute Gasteiger partial charge is 0.306 e. The Kier molecular flexibility index (Phi) is 19.6. The van der Waals surface area contributed by atoms with Gasteiger partial charge in [-0.2, -0.15) is 0 Å². The summed E-state index contributed by atoms with van der Waals surface area (Å²) in [6, 6.07) is 0. The zero-order chi connectivity index (χ0) is 30.5. The normalized spacial score (nSPS) is 24.0. The Bertz CT molecular complexity index is 831. The van der Waals surface area contributed by atoms with Crippen LogP contribution < -0.4 is 0 Å². The van der Waals surface area contributed by atoms with Crippen LogP contribution in [0.15, 0.2) is 24.3 Å². The third-order valence-electron chi connectivity index (χ3n) is 9.76. The molecule has 0 aromatic heterocycles. The molecule has 5 heteroatoms. The van der Waals surface area contributed by atoms with Crippen molar-refractivity contribution in [2.24, 2.45) is 17.3 Å². The second kappa shape index (κ2) is 22.3. The standard InChI is InChI=1S/C37H61ClO4/c1-3-5-6-7-8-9-10-11-12-13-14-17-20-29-42-36(41)26-19-16-15-18-23-31-32(34(39)30-33(31)38)24-21-25-35(40)37(4-2)27-22-28-37/h15,18,21,24,31-35,39-40H,3-14,16,19,22-23,25-30H2,1-2H3/b18-15-,24-21+/t31-,32-,33-,34-,35+/m1/s1. The van der Waals surface area contributed by atoms with Gasteiger partial charge in [0.2, 0.25) is 0 Å². The summed E-state index contributed by atoms with van der Waals surface area (Å²) in [6.45, 7) is 4.63. The number of carbonyl (C=O) groups is 1. The van der Waals surface area contributed by atoms with E-state index in [1.165, 1.54) is 64.2 Å². The topological polar surface area (TPSA) is 66.8 Å². The van der Waals surface area contributed by atoms with Gasteiger partial charge in [-0.05, 0) is 69.1 Å². The Morgan fingerprint density at radius 3 is 2.31 bits per heavy atom. The molecule has 0 bridgehead atoms. The van der Waals surface area contributed by atoms with Crippen LogP contribution in [0.5, 0.6) is 0 Å². The second-order valence-electron chi connectivity index (χ2n) is 12.9. The van der Waals surface area contributed by atoms with Crippen LogP contribution in [-0.2, 0) is 9.53 Å². The van der Waals surface area contributed by atoms with Gasteiger partial charge in [0.05, 0.1) is 12.2 Å². The van der Waals surface area contributed by atoms with E-state index in [9.17, 15) is 15.0 Å². The molecule has 2 saturated carbocycles. The van der Waals surface area contributed by atoms with Gasteiger partial charge in [0.15, 0.2) is 6.61 Å². The molecule has 2 N–H and O–H groups in total. The Hall–Kier alpha value is -1.28. The number of aliphatic hydroxyl groups excluding tert-OH is 2. The number of esters is 1. The minimum absolute atomic E-state index is 0.0181. The third kappa shape index (κ3) is 14.0. The Morgan fingerprint density at radius 1 is 0.976 bits per heavy atom. The lowest BCUT2D eigenvalue weighted by Crippen LogP contribution is -2.40. The van der Waals surface area contributed by atoms with Crippen LogP contribution in [0.1, 0.15) is 149 Å². The summed E-state index contributed by atoms with van der Waals surface area (Å²) in [4.78, 5) is 12.0. The molecule has 0 aliphatic heterocycles. The maximum absolute atomic E-state index is 12.0. The highest BCUT2D eigenvalue weighted by atomic mass is 35.5. The Labute approximate surface area is 263 Å². The molecule has 0 spiro atoms. The predicted molar refractivity (Wildman–Crippen MR) is 176 cm³/mol. The van der Waals surface area contributed by atoms with Crippen molar-refractivity contribution in [1.82, 2.24) is 0 Å². The van der Waals surface area contributed by atoms with Gasteiger partial charge < -0.3 is 14.9 Å². The fourth-order valence-electron chi connectivity index (χ4n) is 6.60. The molecule has 0 heterocycles. The minimum Gasteiger partial charge on any atom is -0.452 e. The fraction of sp³-hybridized carbons (Fsp3) is 0.811. The largest absolute Gasteiger partial charge is 0.452 e. The van der Waals surface area contributed by atoms with Gasteiger partial charge in [-0.25, -0.2) is 0 Å². The SMILES string of the molecule is CCCCCCCCCCCCC#CCOC(=O)CCC/C=C\C[C@@H]1[C@@H](/C=C/C[C@H](O)C2(CC)CCC2)[C@H](O)C[C@H]1Cl. The lowest BCUT2D eigenvalue weighted by molar-refractivity contribution is -0.142. The first kappa shape index (κ1) is 36.9. The van der Waals surface area contributed by atoms with E-state index in [1.54, 1.807) is 0 Å². The van der Waals surface area contributed by atoms with E-state index < -0.39 is 6.10 Å². The van der Waals surface area contributed by atoms with Gasteiger partial charge in [-0.15, -0.1) is 11.6 Å². The van der Waals surface area contributed by atoms with Crippen LogP contribution in [-0.4, -0.2) is 40.4 Å². The number of rotatable bonds is 22. The van der Waals surface area contributed by atoms with E-state index in [-0.39, 0.29) is 41.3 Å². The Balaban J connectivity index is 1.51. The monoisotopic (exact) mass is 604 g/mol. The van der Waals surface area contributed by atoms with Gasteiger partial charge >= 0.3 is 5.97 Å². The molecule has 0 amide bonds. The lowest BCUT2D eigenvalue weighted by atomic mass is 9.63. The average molecular weight is 605 g/mol. The van der Waals surface area contributed by atoms with E-state index >= 15 is 0 Å². The van der Waals surface area contributed by atoms with Crippen LogP contribution in [0.25, 0.3) is 0 Å². The number of hydrogen-bond acceptors (Lipinski definition) is 4. The third-order valence-corrected chi connectivity index (χ3v) is 10.3. The van der Waals surface area contributed by atoms with Crippen molar-refractivity contribution in [3.05, 3.63) is 24.3 Å². The molecular formula is C37H61ClO4. The zero-order valence-corrected chi connectivity index (χ0v) is 27.6. The van der Waals surface area contributed by atoms with E-state index in [4.69, 9.17) is 16.3 Å². The van der Waals surface area contributed by atoms with E-state index in [1.807, 2.05) is 0 Å². The van der Waals surface area contributed by atoms with Crippen molar-refractivity contribution in [3.8, 4) is 11.8 Å². The van der Waals surface area contributed by atoms with E-state index in [0.717, 1.165) is 51.4 Å². The van der Waals surface area contributed by atoms with Gasteiger partial charge in [0, 0.05) is 24.1 Å². The lowest BCUT2D eigenvalue weighted by Gasteiger charge is -2.45. The van der Waals surface area contributed by atoms with Gasteiger partial charge in [-0.1, -0.05) is 114 Å². The highest BCUT2D eigenvalue weighted by Gasteiger charge is 2.42. The van der Waals surface area contributed by atoms with Crippen molar-refractivity contribution in [2.75, 3.05) is 6.61 Å². The van der Waals surface area contributed by atoms with Gasteiger partial charge in [0.25, 0.3) is 0 Å². The summed E-state index contributed by atoms with van der Waals surface area (Å²) in [5.74, 6) is 6.13. The summed E-state index contributed by atoms with van der Waals surface area (Å²) in [5.41, 5.74) is 0.0990. The van der Waals surface area contributed by atoms with Crippen molar-refractivity contribution in [2.45, 2.75) is 166 Å². The fourth-order valence-corrected chi connectivity index (χ4v) is 7.05. The average Bonchev–Trinajstić information content (AvgIpc) is 3.22. The van der Waals surface area contributed by atoms with Crippen molar-refractivity contribution < 1.29 is 19.7 Å². The van der Waals surface area contributed by atoms with Crippen LogP contribution in [0, 0.1) is 29.1 Å². The summed E-state index contributed by atoms with van der Waals surface area (Å²) in [7, 11) is 0. The summed E-state index contributed by atoms with van der Waals surface area (Å²) < 4.78 is 5.26. The number of halogens is 1. The number of ether oxygens (including phenoxy) is 1. The molecule has 0 aromatic carbocycles. The first-order valence-electron chi connectivity index (χ1n) is 17.4. The van der Waals surface area contributed by atoms with E-state index in [2.05, 4.69) is 50.0 Å². The quantitative estimate of drug-likeness (QED) is 0.0424. The first-order valence-corrected chi connectivity index (χ1v) is 17.8. The van der Waals surface area contributed by atoms with Crippen molar-refractivity contribution >= 4 is 17.6 Å². The summed E-state index contributed by atoms with van der Waals surface area (Å²) >= 11 is 6.60. The van der Waals surface area contributed by atoms with Crippen LogP contribution in [0.2, 0.25) is 0 Å². The number of carbonyl (C=O) groups excluding carboxylic acids is 1. The number of allylic oxidation sites excluding steroid dienone is 2. The highest BCUT2D eigenvalue weighted by Crippen LogP contribution is 2.48. The highest BCUT2D eigenvalue weighted by molar-refractivity contribution is 6.21. The number of aliphatic hydroxyl groups is 2. The van der Waals surface area contributed by atoms with Gasteiger partial charge in [-0.3, -0.25) is 4.79 Å². The zero-order valence-electron chi connectivity index (χ0n) is 26.8. The Morgan fingerprint density at radius 2 is 1.67 bits per heavy atom. The molecule has 0 radical (unpaired) electrons. The second-order valence-corrected chi connectivity index (χ2v) is 13.4. The number of hydrogen-bond donors (Lipinski definition) is 2. The van der Waals surface area contributed by atoms with Crippen LogP contribution in [0.4, 0.5) is 0 Å². The van der Waals surface area contributed by atoms with Gasteiger partial charge in [0.1, 0.15) is 0 Å². The first-order chi connectivity index (χ1) is 20.4. The van der Waals surface area contributed by atoms with Crippen LogP contribution >= 0.6 is 11.6 Å². The predicted octanol–water partition coefficient (Wildman–Crippen LogP) is 9.45. The molecule has 42 heavy (non-hydrogen) atoms. The molecular weight excluding hydrogens is 544 g/mol. The van der Waals surface area contributed by atoms with Crippen molar-refractivity contribution in [3.63, 3.8) is 0 Å². The maximum atomic E-state index is 12.0. The maximum Gasteiger partial charge on any atom is 0.306 e. The molecule has 0 aromatic rings. The molecule has 5 atom stereocenters. The molecule has 0 saturated heterocycles. The molecule has 2 fully saturated rings. The molecule has 2 aliphatic rings. The molecule has 2 aliphatic carbocycles. The molecule has 2 rings (SSSR count). The molecule has 0 unspecified atom stereocenters. The number of unbranched alkanes of at least 4 members (excludes halogenated alkanes) is 11. The van der Waals surface area contributed by atoms with Crippen LogP contribution in [0.3, 0.4) is 0 Å². The molecule has 4 nitrogen and oxygen atoms in total. The summed E-state index contributed by atoms with van der Waals surface area (Å²) in [6.07, 6.45) is 30.3. The molecule has 240 valence electrons. The minimum atomic E-state index is -0.434.